The van der Waals surface area contributed by atoms with E-state index in [0.717, 1.165) is 6.20 Å². The zero-order chi connectivity index (χ0) is 17.0. The van der Waals surface area contributed by atoms with Gasteiger partial charge < -0.3 is 14.4 Å². The molecule has 0 radical (unpaired) electrons. The number of nitrogens with zero attached hydrogens (tertiary/aromatic N) is 1. The van der Waals surface area contributed by atoms with E-state index in [0.29, 0.717) is 5.69 Å². The van der Waals surface area contributed by atoms with Gasteiger partial charge in [-0.25, -0.2) is 9.18 Å². The molecule has 0 saturated heterocycles. The summed E-state index contributed by atoms with van der Waals surface area (Å²) in [7, 11) is 0. The number of aromatic nitrogens is 1. The van der Waals surface area contributed by atoms with Crippen LogP contribution in [0.25, 0.3) is 17.5 Å². The number of carboxylic acids is 1. The van der Waals surface area contributed by atoms with Gasteiger partial charge in [-0.15, -0.1) is 0 Å². The second-order valence-electron chi connectivity index (χ2n) is 5.34. The van der Waals surface area contributed by atoms with E-state index in [1.54, 1.807) is 24.3 Å². The Morgan fingerprint density at radius 3 is 2.75 bits per heavy atom. The molecule has 0 atom stereocenters. The second kappa shape index (κ2) is 4.89. The molecule has 2 heterocycles. The average molecular weight is 329 g/mol. The molecule has 0 fully saturated rings. The Hall–Kier alpha value is -3.22. The lowest BCUT2D eigenvalue weighted by Crippen LogP contribution is -2.49. The normalized spacial score (nSPS) is 15.0. The van der Waals surface area contributed by atoms with Gasteiger partial charge in [-0.05, 0) is 12.1 Å². The van der Waals surface area contributed by atoms with Gasteiger partial charge in [0.15, 0.2) is 17.3 Å². The van der Waals surface area contributed by atoms with E-state index in [4.69, 9.17) is 4.74 Å². The molecule has 0 unspecified atom stereocenters. The highest BCUT2D eigenvalue weighted by molar-refractivity contribution is 5.87. The fourth-order valence-electron chi connectivity index (χ4n) is 2.85. The monoisotopic (exact) mass is 329 g/mol. The molecular formula is C17H9F2NO4. The summed E-state index contributed by atoms with van der Waals surface area (Å²) >= 11 is 0. The largest absolute Gasteiger partial charge is 0.477 e. The van der Waals surface area contributed by atoms with Crippen LogP contribution in [0, 0.1) is 0 Å². The number of carbonyl (C=O) groups is 1. The zero-order valence-electron chi connectivity index (χ0n) is 12.0. The number of hydrogen-bond acceptors (Lipinski definition) is 3. The second-order valence-corrected chi connectivity index (χ2v) is 5.34. The number of ether oxygens (including phenoxy) is 1. The standard InChI is InChI=1S/C17H9F2NO4/c18-10-6-5-8-14-16(13(10)19)24-12-4-2-1-3-11(12)20(14)7-9(15(8)21)17(22)23/h1-5,7H,6H2,(H,22,23). The molecule has 1 aliphatic carbocycles. The Morgan fingerprint density at radius 2 is 2.00 bits per heavy atom. The first-order valence-electron chi connectivity index (χ1n) is 7.04. The van der Waals surface area contributed by atoms with E-state index in [1.807, 2.05) is 0 Å². The summed E-state index contributed by atoms with van der Waals surface area (Å²) in [6.45, 7) is 0. The Balaban J connectivity index is 2.28. The van der Waals surface area contributed by atoms with Gasteiger partial charge in [0, 0.05) is 17.8 Å². The van der Waals surface area contributed by atoms with Gasteiger partial charge in [-0.3, -0.25) is 4.79 Å². The van der Waals surface area contributed by atoms with Crippen LogP contribution in [0.2, 0.25) is 0 Å². The third-order valence-corrected chi connectivity index (χ3v) is 3.95. The van der Waals surface area contributed by atoms with Crippen molar-refractivity contribution in [2.75, 3.05) is 0 Å². The lowest BCUT2D eigenvalue weighted by atomic mass is 10.1. The number of fused-ring (bicyclic) bond motifs is 2. The summed E-state index contributed by atoms with van der Waals surface area (Å²) in [4.78, 5) is 23.8. The van der Waals surface area contributed by atoms with Crippen molar-refractivity contribution in [3.8, 4) is 11.4 Å². The summed E-state index contributed by atoms with van der Waals surface area (Å²) < 4.78 is 35.1. The van der Waals surface area contributed by atoms with Crippen LogP contribution in [0.1, 0.15) is 16.8 Å². The minimum absolute atomic E-state index is 0.00819. The number of halogens is 2. The van der Waals surface area contributed by atoms with Crippen LogP contribution in [0.4, 0.5) is 8.78 Å². The van der Waals surface area contributed by atoms with E-state index in [9.17, 15) is 23.5 Å². The van der Waals surface area contributed by atoms with Crippen LogP contribution < -0.4 is 20.7 Å². The van der Waals surface area contributed by atoms with E-state index >= 15 is 0 Å². The molecule has 2 aliphatic rings. The van der Waals surface area contributed by atoms with Crippen LogP contribution in [0.15, 0.2) is 46.9 Å². The number of para-hydroxylation sites is 2. The van der Waals surface area contributed by atoms with Gasteiger partial charge in [0.1, 0.15) is 16.7 Å². The van der Waals surface area contributed by atoms with Crippen molar-refractivity contribution in [2.45, 2.75) is 6.42 Å². The number of aromatic carboxylic acids is 1. The maximum absolute atomic E-state index is 14.4. The summed E-state index contributed by atoms with van der Waals surface area (Å²) in [5, 5.41) is 9.18. The Morgan fingerprint density at radius 1 is 1.25 bits per heavy atom. The van der Waals surface area contributed by atoms with Gasteiger partial charge in [0.2, 0.25) is 5.43 Å². The first kappa shape index (κ1) is 14.4. The van der Waals surface area contributed by atoms with E-state index in [1.165, 1.54) is 10.6 Å². The van der Waals surface area contributed by atoms with Crippen molar-refractivity contribution in [1.29, 1.82) is 0 Å². The zero-order valence-corrected chi connectivity index (χ0v) is 12.0. The van der Waals surface area contributed by atoms with Gasteiger partial charge in [0.25, 0.3) is 0 Å². The molecule has 0 amide bonds. The highest BCUT2D eigenvalue weighted by Gasteiger charge is 2.27. The smallest absolute Gasteiger partial charge is 0.341 e. The Bertz CT molecular complexity index is 1130. The highest BCUT2D eigenvalue weighted by Crippen LogP contribution is 2.31. The maximum atomic E-state index is 14.4. The summed E-state index contributed by atoms with van der Waals surface area (Å²) in [6.07, 6.45) is 1.83. The van der Waals surface area contributed by atoms with Crippen molar-refractivity contribution < 1.29 is 23.4 Å². The number of pyridine rings is 1. The van der Waals surface area contributed by atoms with E-state index < -0.39 is 40.8 Å². The minimum atomic E-state index is -1.41. The lowest BCUT2D eigenvalue weighted by molar-refractivity contribution is 0.0694. The molecule has 7 heteroatoms. The first-order valence-corrected chi connectivity index (χ1v) is 7.04. The maximum Gasteiger partial charge on any atom is 0.341 e. The Labute approximate surface area is 133 Å². The fourth-order valence-corrected chi connectivity index (χ4v) is 2.85. The number of hydrogen-bond donors (Lipinski definition) is 1. The predicted octanol–water partition coefficient (Wildman–Crippen LogP) is 1.37. The molecular weight excluding hydrogens is 320 g/mol. The van der Waals surface area contributed by atoms with Crippen molar-refractivity contribution >= 4 is 17.8 Å². The summed E-state index contributed by atoms with van der Waals surface area (Å²) in [5.74, 6) is -3.89. The van der Waals surface area contributed by atoms with Crippen molar-refractivity contribution in [3.05, 3.63) is 68.5 Å². The minimum Gasteiger partial charge on any atom is -0.477 e. The van der Waals surface area contributed by atoms with E-state index in [-0.39, 0.29) is 16.3 Å². The lowest BCUT2D eigenvalue weighted by Gasteiger charge is -2.21. The molecule has 2 aromatic rings. The Kier molecular flexibility index (Phi) is 2.93. The van der Waals surface area contributed by atoms with Gasteiger partial charge >= 0.3 is 5.97 Å². The van der Waals surface area contributed by atoms with Gasteiger partial charge in [-0.1, -0.05) is 18.2 Å². The van der Waals surface area contributed by atoms with Crippen molar-refractivity contribution in [1.82, 2.24) is 4.57 Å². The van der Waals surface area contributed by atoms with Crippen LogP contribution in [-0.4, -0.2) is 15.6 Å². The summed E-state index contributed by atoms with van der Waals surface area (Å²) in [6, 6.07) is 6.51. The topological polar surface area (TPSA) is 68.5 Å². The number of allylic oxidation sites excluding steroid dienone is 1. The number of benzene rings is 1. The molecule has 5 nitrogen and oxygen atoms in total. The van der Waals surface area contributed by atoms with Crippen LogP contribution in [0.5, 0.6) is 5.75 Å². The van der Waals surface area contributed by atoms with Crippen molar-refractivity contribution in [3.63, 3.8) is 0 Å². The molecule has 1 N–H and O–H groups in total. The van der Waals surface area contributed by atoms with Gasteiger partial charge in [0.05, 0.1) is 5.69 Å². The SMILES string of the molecule is O=C(O)c1cn2c3c(c1=O)=CCC(F)=C(F)C=3Oc1ccccc1-2. The van der Waals surface area contributed by atoms with Crippen LogP contribution in [0.3, 0.4) is 0 Å². The summed E-state index contributed by atoms with van der Waals surface area (Å²) in [5.41, 5.74) is -0.857. The number of rotatable bonds is 1. The van der Waals surface area contributed by atoms with E-state index in [2.05, 4.69) is 0 Å². The molecule has 1 aliphatic heterocycles. The molecule has 0 bridgehead atoms. The third kappa shape index (κ3) is 1.84. The number of carboxylic acid groups (broad SMARTS) is 1. The quantitative estimate of drug-likeness (QED) is 0.858. The predicted molar refractivity (Wildman–Crippen MR) is 80.6 cm³/mol. The molecule has 4 rings (SSSR count). The highest BCUT2D eigenvalue weighted by atomic mass is 19.2. The fraction of sp³-hybridized carbons (Fsp3) is 0.0588. The molecule has 1 aromatic carbocycles. The van der Waals surface area contributed by atoms with Gasteiger partial charge in [-0.2, -0.15) is 4.39 Å². The molecule has 0 spiro atoms. The van der Waals surface area contributed by atoms with Crippen LogP contribution >= 0.6 is 0 Å². The molecule has 1 aromatic heterocycles. The average Bonchev–Trinajstić information content (AvgIpc) is 2.69. The van der Waals surface area contributed by atoms with Crippen molar-refractivity contribution in [2.24, 2.45) is 0 Å². The first-order chi connectivity index (χ1) is 11.5. The molecule has 0 saturated carbocycles. The van der Waals surface area contributed by atoms with Crippen LogP contribution in [-0.2, 0) is 0 Å². The molecule has 120 valence electrons. The third-order valence-electron chi connectivity index (χ3n) is 3.95. The molecule has 24 heavy (non-hydrogen) atoms.